The Morgan fingerprint density at radius 3 is 2.43 bits per heavy atom. The molecule has 0 aliphatic heterocycles. The van der Waals surface area contributed by atoms with Gasteiger partial charge in [-0.1, -0.05) is 35.4 Å². The van der Waals surface area contributed by atoms with Gasteiger partial charge in [-0.05, 0) is 12.8 Å². The predicted octanol–water partition coefficient (Wildman–Crippen LogP) is 2.56. The summed E-state index contributed by atoms with van der Waals surface area (Å²) in [5, 5.41) is 8.29. The van der Waals surface area contributed by atoms with Crippen molar-refractivity contribution < 1.29 is 14.7 Å². The van der Waals surface area contributed by atoms with Crippen LogP contribution in [-0.2, 0) is 9.59 Å². The lowest BCUT2D eigenvalue weighted by Crippen LogP contribution is -2.06. The summed E-state index contributed by atoms with van der Waals surface area (Å²) >= 11 is 10.7. The van der Waals surface area contributed by atoms with Crippen LogP contribution < -0.4 is 0 Å². The van der Waals surface area contributed by atoms with Crippen molar-refractivity contribution in [1.29, 1.82) is 0 Å². The zero-order valence-corrected chi connectivity index (χ0v) is 9.09. The third kappa shape index (κ3) is 8.08. The SMILES string of the molecule is O=C(O)CC=CCCCC(=O)C(Cl)Cl. The van der Waals surface area contributed by atoms with Gasteiger partial charge in [0.1, 0.15) is 0 Å². The zero-order valence-electron chi connectivity index (χ0n) is 7.58. The fourth-order valence-electron chi connectivity index (χ4n) is 0.805. The number of halogens is 2. The number of hydrogen-bond acceptors (Lipinski definition) is 2. The van der Waals surface area contributed by atoms with E-state index in [0.29, 0.717) is 19.3 Å². The second-order valence-corrected chi connectivity index (χ2v) is 3.82. The highest BCUT2D eigenvalue weighted by atomic mass is 35.5. The van der Waals surface area contributed by atoms with Crippen LogP contribution in [0, 0.1) is 0 Å². The lowest BCUT2D eigenvalue weighted by molar-refractivity contribution is -0.136. The Labute approximate surface area is 92.7 Å². The van der Waals surface area contributed by atoms with Crippen LogP contribution >= 0.6 is 23.2 Å². The first-order chi connectivity index (χ1) is 6.54. The van der Waals surface area contributed by atoms with Crippen molar-refractivity contribution in [3.8, 4) is 0 Å². The average molecular weight is 239 g/mol. The number of carboxylic acids is 1. The van der Waals surface area contributed by atoms with E-state index in [4.69, 9.17) is 28.3 Å². The van der Waals surface area contributed by atoms with Gasteiger partial charge in [0.25, 0.3) is 0 Å². The van der Waals surface area contributed by atoms with Crippen molar-refractivity contribution in [1.82, 2.24) is 0 Å². The highest BCUT2D eigenvalue weighted by Gasteiger charge is 2.09. The van der Waals surface area contributed by atoms with E-state index in [2.05, 4.69) is 0 Å². The van der Waals surface area contributed by atoms with E-state index in [9.17, 15) is 9.59 Å². The van der Waals surface area contributed by atoms with Gasteiger partial charge in [-0.25, -0.2) is 0 Å². The van der Waals surface area contributed by atoms with Gasteiger partial charge < -0.3 is 5.11 Å². The summed E-state index contributed by atoms with van der Waals surface area (Å²) in [6.07, 6.45) is 4.95. The molecule has 0 heterocycles. The molecule has 0 radical (unpaired) electrons. The molecule has 0 spiro atoms. The first-order valence-electron chi connectivity index (χ1n) is 4.21. The molecule has 1 N–H and O–H groups in total. The van der Waals surface area contributed by atoms with Crippen LogP contribution in [-0.4, -0.2) is 21.7 Å². The van der Waals surface area contributed by atoms with Crippen LogP contribution in [0.15, 0.2) is 12.2 Å². The van der Waals surface area contributed by atoms with E-state index in [-0.39, 0.29) is 12.2 Å². The van der Waals surface area contributed by atoms with Crippen molar-refractivity contribution in [2.45, 2.75) is 30.5 Å². The maximum atomic E-state index is 10.9. The molecule has 0 saturated heterocycles. The molecule has 0 amide bonds. The Kier molecular flexibility index (Phi) is 7.52. The van der Waals surface area contributed by atoms with Crippen LogP contribution in [0.2, 0.25) is 0 Å². The summed E-state index contributed by atoms with van der Waals surface area (Å²) in [6.45, 7) is 0. The van der Waals surface area contributed by atoms with E-state index >= 15 is 0 Å². The van der Waals surface area contributed by atoms with Crippen molar-refractivity contribution in [3.63, 3.8) is 0 Å². The third-order valence-electron chi connectivity index (χ3n) is 1.50. The number of hydrogen-bond donors (Lipinski definition) is 1. The van der Waals surface area contributed by atoms with E-state index in [1.807, 2.05) is 0 Å². The molecule has 14 heavy (non-hydrogen) atoms. The smallest absolute Gasteiger partial charge is 0.307 e. The Morgan fingerprint density at radius 1 is 1.29 bits per heavy atom. The van der Waals surface area contributed by atoms with E-state index in [1.54, 1.807) is 12.2 Å². The normalized spacial score (nSPS) is 11.1. The van der Waals surface area contributed by atoms with Gasteiger partial charge in [0.05, 0.1) is 6.42 Å². The van der Waals surface area contributed by atoms with Gasteiger partial charge in [-0.2, -0.15) is 0 Å². The average Bonchev–Trinajstić information content (AvgIpc) is 2.09. The number of carbonyl (C=O) groups is 2. The summed E-state index contributed by atoms with van der Waals surface area (Å²) in [7, 11) is 0. The molecule has 3 nitrogen and oxygen atoms in total. The summed E-state index contributed by atoms with van der Waals surface area (Å²) in [6, 6.07) is 0. The van der Waals surface area contributed by atoms with E-state index in [1.165, 1.54) is 0 Å². The quantitative estimate of drug-likeness (QED) is 0.422. The van der Waals surface area contributed by atoms with Gasteiger partial charge in [0.2, 0.25) is 0 Å². The minimum Gasteiger partial charge on any atom is -0.481 e. The standard InChI is InChI=1S/C9H12Cl2O3/c10-9(11)7(12)5-3-1-2-4-6-8(13)14/h2,4,9H,1,3,5-6H2,(H,13,14). The molecule has 0 aromatic heterocycles. The highest BCUT2D eigenvalue weighted by Crippen LogP contribution is 2.08. The number of carbonyl (C=O) groups excluding carboxylic acids is 1. The van der Waals surface area contributed by atoms with E-state index < -0.39 is 10.8 Å². The first kappa shape index (κ1) is 13.5. The molecule has 80 valence electrons. The summed E-state index contributed by atoms with van der Waals surface area (Å²) in [5.41, 5.74) is 0. The maximum absolute atomic E-state index is 10.9. The van der Waals surface area contributed by atoms with Crippen LogP contribution in [0.5, 0.6) is 0 Å². The number of Topliss-reactive ketones (excluding diaryl/α,β-unsaturated/α-hetero) is 1. The van der Waals surface area contributed by atoms with Gasteiger partial charge in [0, 0.05) is 6.42 Å². The summed E-state index contributed by atoms with van der Waals surface area (Å²) in [4.78, 5) is 20.0. The molecule has 0 aromatic carbocycles. The van der Waals surface area contributed by atoms with Gasteiger partial charge in [0.15, 0.2) is 10.6 Å². The van der Waals surface area contributed by atoms with E-state index in [0.717, 1.165) is 0 Å². The van der Waals surface area contributed by atoms with Crippen molar-refractivity contribution in [2.24, 2.45) is 0 Å². The summed E-state index contributed by atoms with van der Waals surface area (Å²) < 4.78 is 0. The molecule has 0 atom stereocenters. The minimum atomic E-state index is -0.946. The van der Waals surface area contributed by atoms with Crippen LogP contribution in [0.4, 0.5) is 0 Å². The Balaban J connectivity index is 3.42. The molecule has 0 aromatic rings. The number of unbranched alkanes of at least 4 members (excludes halogenated alkanes) is 1. The molecule has 0 rings (SSSR count). The molecule has 0 unspecified atom stereocenters. The fourth-order valence-corrected chi connectivity index (χ4v) is 1.02. The molecular weight excluding hydrogens is 227 g/mol. The molecule has 0 aliphatic carbocycles. The molecule has 0 saturated carbocycles. The van der Waals surface area contributed by atoms with Crippen LogP contribution in [0.25, 0.3) is 0 Å². The second kappa shape index (κ2) is 7.83. The lowest BCUT2D eigenvalue weighted by Gasteiger charge is -1.97. The first-order valence-corrected chi connectivity index (χ1v) is 5.09. The highest BCUT2D eigenvalue weighted by molar-refractivity contribution is 6.53. The zero-order chi connectivity index (χ0) is 11.0. The van der Waals surface area contributed by atoms with Crippen molar-refractivity contribution >= 4 is 35.0 Å². The van der Waals surface area contributed by atoms with Crippen molar-refractivity contribution in [3.05, 3.63) is 12.2 Å². The number of ketones is 1. The van der Waals surface area contributed by atoms with Gasteiger partial charge in [-0.3, -0.25) is 9.59 Å². The number of alkyl halides is 2. The Morgan fingerprint density at radius 2 is 1.93 bits per heavy atom. The Bertz CT molecular complexity index is 224. The predicted molar refractivity (Wildman–Crippen MR) is 55.7 cm³/mol. The third-order valence-corrected chi connectivity index (χ3v) is 1.98. The largest absolute Gasteiger partial charge is 0.481 e. The molecule has 0 fully saturated rings. The molecular formula is C9H12Cl2O3. The van der Waals surface area contributed by atoms with Gasteiger partial charge >= 0.3 is 5.97 Å². The maximum Gasteiger partial charge on any atom is 0.307 e. The molecule has 0 aliphatic rings. The van der Waals surface area contributed by atoms with Gasteiger partial charge in [-0.15, -0.1) is 0 Å². The number of rotatable bonds is 7. The topological polar surface area (TPSA) is 54.4 Å². The number of aliphatic carboxylic acids is 1. The minimum absolute atomic E-state index is 0.0155. The monoisotopic (exact) mass is 238 g/mol. The lowest BCUT2D eigenvalue weighted by atomic mass is 10.2. The Hall–Kier alpha value is -0.540. The number of allylic oxidation sites excluding steroid dienone is 1. The van der Waals surface area contributed by atoms with Crippen LogP contribution in [0.3, 0.4) is 0 Å². The molecule has 0 bridgehead atoms. The number of carboxylic acid groups (broad SMARTS) is 1. The molecule has 5 heteroatoms. The summed E-state index contributed by atoms with van der Waals surface area (Å²) in [5.74, 6) is -1.06. The fraction of sp³-hybridized carbons (Fsp3) is 0.556. The second-order valence-electron chi connectivity index (χ2n) is 2.73. The van der Waals surface area contributed by atoms with Crippen molar-refractivity contribution in [2.75, 3.05) is 0 Å². The van der Waals surface area contributed by atoms with Crippen LogP contribution in [0.1, 0.15) is 25.7 Å².